The molecule has 1 amide bonds. The molecule has 1 atom stereocenters. The highest BCUT2D eigenvalue weighted by Gasteiger charge is 2.28. The zero-order valence-electron chi connectivity index (χ0n) is 8.82. The number of hydrogen-bond acceptors (Lipinski definition) is 5. The fourth-order valence-electron chi connectivity index (χ4n) is 0.943. The fraction of sp³-hybridized carbons (Fsp3) is 0.571. The van der Waals surface area contributed by atoms with Crippen molar-refractivity contribution in [2.75, 3.05) is 0 Å². The number of amides is 1. The molecule has 0 radical (unpaired) electrons. The van der Waals surface area contributed by atoms with E-state index in [1.807, 2.05) is 5.32 Å². The average Bonchev–Trinajstić information content (AvgIpc) is 2.08. The molecule has 9 nitrogen and oxygen atoms in total. The summed E-state index contributed by atoms with van der Waals surface area (Å²) < 4.78 is 14.1. The number of aliphatic carboxylic acids is 1. The normalized spacial score (nSPS) is 12.6. The molecule has 98 valence electrons. The number of hydrogen-bond donors (Lipinski definition) is 4. The quantitative estimate of drug-likeness (QED) is 0.448. The van der Waals surface area contributed by atoms with Crippen LogP contribution in [0.4, 0.5) is 0 Å². The van der Waals surface area contributed by atoms with Gasteiger partial charge in [-0.15, -0.1) is 0 Å². The molecular weight excluding hydrogens is 257 g/mol. The molecule has 0 rings (SSSR count). The number of phosphoric acid groups is 1. The first-order chi connectivity index (χ1) is 7.61. The van der Waals surface area contributed by atoms with Gasteiger partial charge in [-0.2, -0.15) is 0 Å². The third-order valence-corrected chi connectivity index (χ3v) is 1.94. The number of carbonyl (C=O) groups is 3. The fourth-order valence-corrected chi connectivity index (χ4v) is 1.30. The molecule has 17 heavy (non-hydrogen) atoms. The molecule has 0 aliphatic rings. The molecule has 4 N–H and O–H groups in total. The van der Waals surface area contributed by atoms with Gasteiger partial charge in [-0.1, -0.05) is 0 Å². The lowest BCUT2D eigenvalue weighted by Gasteiger charge is -2.15. The molecule has 0 aliphatic carbocycles. The Morgan fingerprint density at radius 2 is 1.88 bits per heavy atom. The highest BCUT2D eigenvalue weighted by atomic mass is 31.2. The van der Waals surface area contributed by atoms with Crippen LogP contribution < -0.4 is 5.32 Å². The highest BCUT2D eigenvalue weighted by molar-refractivity contribution is 7.46. The Kier molecular flexibility index (Phi) is 5.80. The van der Waals surface area contributed by atoms with Gasteiger partial charge in [-0.25, -0.2) is 9.36 Å². The van der Waals surface area contributed by atoms with E-state index in [-0.39, 0.29) is 6.42 Å². The van der Waals surface area contributed by atoms with E-state index in [1.165, 1.54) is 0 Å². The lowest BCUT2D eigenvalue weighted by molar-refractivity contribution is -0.141. The van der Waals surface area contributed by atoms with E-state index in [0.717, 1.165) is 6.92 Å². The lowest BCUT2D eigenvalue weighted by Crippen LogP contribution is -2.40. The molecule has 0 bridgehead atoms. The van der Waals surface area contributed by atoms with Crippen molar-refractivity contribution in [2.24, 2.45) is 0 Å². The van der Waals surface area contributed by atoms with Crippen molar-refractivity contribution in [1.29, 1.82) is 0 Å². The molecule has 10 heteroatoms. The van der Waals surface area contributed by atoms with Gasteiger partial charge in [0.2, 0.25) is 5.91 Å². The van der Waals surface area contributed by atoms with E-state index >= 15 is 0 Å². The summed E-state index contributed by atoms with van der Waals surface area (Å²) >= 11 is 0. The number of nitrogens with one attached hydrogen (secondary N) is 1. The summed E-state index contributed by atoms with van der Waals surface area (Å²) in [6.07, 6.45) is -0.783. The van der Waals surface area contributed by atoms with Crippen molar-refractivity contribution in [3.8, 4) is 0 Å². The molecule has 0 aromatic carbocycles. The third-order valence-electron chi connectivity index (χ3n) is 1.52. The molecule has 0 aromatic rings. The van der Waals surface area contributed by atoms with Gasteiger partial charge >= 0.3 is 19.8 Å². The first-order valence-electron chi connectivity index (χ1n) is 4.39. The topological polar surface area (TPSA) is 150 Å². The Morgan fingerprint density at radius 1 is 1.35 bits per heavy atom. The van der Waals surface area contributed by atoms with Gasteiger partial charge in [-0.05, 0) is 6.42 Å². The summed E-state index contributed by atoms with van der Waals surface area (Å²) in [5.74, 6) is -3.25. The summed E-state index contributed by atoms with van der Waals surface area (Å²) in [5, 5.41) is 10.4. The molecule has 0 heterocycles. The van der Waals surface area contributed by atoms with E-state index < -0.39 is 38.1 Å². The molecule has 0 fully saturated rings. The van der Waals surface area contributed by atoms with Crippen LogP contribution >= 0.6 is 7.82 Å². The summed E-state index contributed by atoms with van der Waals surface area (Å²) in [5.41, 5.74) is 0. The standard InChI is InChI=1S/C7H12NO8P/c1-4(9)8-5(2-3-6(10)11)7(12)16-17(13,14)15/h5H,2-3H2,1H3,(H,8,9)(H,10,11)(H2,13,14,15). The molecule has 0 aromatic heterocycles. The van der Waals surface area contributed by atoms with Crippen molar-refractivity contribution in [3.63, 3.8) is 0 Å². The minimum Gasteiger partial charge on any atom is -0.481 e. The zero-order valence-corrected chi connectivity index (χ0v) is 9.72. The predicted molar refractivity (Wildman–Crippen MR) is 52.6 cm³/mol. The van der Waals surface area contributed by atoms with Crippen molar-refractivity contribution in [1.82, 2.24) is 5.32 Å². The average molecular weight is 269 g/mol. The summed E-state index contributed by atoms with van der Waals surface area (Å²) in [7, 11) is -5.01. The van der Waals surface area contributed by atoms with Gasteiger partial charge in [0.15, 0.2) is 0 Å². The summed E-state index contributed by atoms with van der Waals surface area (Å²) in [6.45, 7) is 1.07. The van der Waals surface area contributed by atoms with Crippen LogP contribution in [0.5, 0.6) is 0 Å². The molecule has 0 saturated heterocycles. The molecule has 0 aliphatic heterocycles. The Balaban J connectivity index is 4.55. The minimum absolute atomic E-state index is 0.326. The number of rotatable bonds is 6. The number of phosphoric ester groups is 1. The molecular formula is C7H12NO8P. The number of carboxylic acid groups (broad SMARTS) is 1. The van der Waals surface area contributed by atoms with E-state index in [1.54, 1.807) is 0 Å². The highest BCUT2D eigenvalue weighted by Crippen LogP contribution is 2.36. The summed E-state index contributed by atoms with van der Waals surface area (Å²) in [6, 6.07) is -1.41. The van der Waals surface area contributed by atoms with E-state index in [2.05, 4.69) is 4.52 Å². The monoisotopic (exact) mass is 269 g/mol. The van der Waals surface area contributed by atoms with Crippen LogP contribution in [0, 0.1) is 0 Å². The van der Waals surface area contributed by atoms with Gasteiger partial charge in [0.1, 0.15) is 6.04 Å². The number of carbonyl (C=O) groups excluding carboxylic acids is 2. The second kappa shape index (κ2) is 6.33. The van der Waals surface area contributed by atoms with E-state index in [9.17, 15) is 18.9 Å². The van der Waals surface area contributed by atoms with Crippen LogP contribution in [0.15, 0.2) is 0 Å². The van der Waals surface area contributed by atoms with Crippen LogP contribution in [-0.2, 0) is 23.5 Å². The maximum Gasteiger partial charge on any atom is 0.527 e. The largest absolute Gasteiger partial charge is 0.527 e. The SMILES string of the molecule is CC(=O)NC(CCC(=O)O)C(=O)OP(=O)(O)O. The zero-order chi connectivity index (χ0) is 13.6. The van der Waals surface area contributed by atoms with Gasteiger partial charge in [0.25, 0.3) is 0 Å². The second-order valence-corrected chi connectivity index (χ2v) is 4.25. The van der Waals surface area contributed by atoms with E-state index in [4.69, 9.17) is 14.9 Å². The maximum atomic E-state index is 11.2. The molecule has 0 saturated carbocycles. The van der Waals surface area contributed by atoms with Crippen LogP contribution in [0.2, 0.25) is 0 Å². The number of carboxylic acids is 1. The Bertz CT molecular complexity index is 361. The first kappa shape index (κ1) is 15.6. The van der Waals surface area contributed by atoms with Crippen molar-refractivity contribution in [3.05, 3.63) is 0 Å². The van der Waals surface area contributed by atoms with Crippen molar-refractivity contribution in [2.45, 2.75) is 25.8 Å². The van der Waals surface area contributed by atoms with Crippen LogP contribution in [0.3, 0.4) is 0 Å². The smallest absolute Gasteiger partial charge is 0.481 e. The van der Waals surface area contributed by atoms with E-state index in [0.29, 0.717) is 0 Å². The second-order valence-electron chi connectivity index (χ2n) is 3.09. The maximum absolute atomic E-state index is 11.2. The van der Waals surface area contributed by atoms with Crippen LogP contribution in [-0.4, -0.2) is 38.8 Å². The predicted octanol–water partition coefficient (Wildman–Crippen LogP) is -1.01. The third kappa shape index (κ3) is 8.38. The van der Waals surface area contributed by atoms with Crippen LogP contribution in [0.25, 0.3) is 0 Å². The first-order valence-corrected chi connectivity index (χ1v) is 5.92. The Hall–Kier alpha value is -1.44. The van der Waals surface area contributed by atoms with Crippen molar-refractivity contribution < 1.29 is 38.4 Å². The molecule has 0 spiro atoms. The van der Waals surface area contributed by atoms with Gasteiger partial charge in [0.05, 0.1) is 0 Å². The Labute approximate surface area is 96.0 Å². The van der Waals surface area contributed by atoms with Crippen LogP contribution in [0.1, 0.15) is 19.8 Å². The minimum atomic E-state index is -5.01. The molecule has 1 unspecified atom stereocenters. The van der Waals surface area contributed by atoms with Gasteiger partial charge < -0.3 is 14.9 Å². The van der Waals surface area contributed by atoms with Gasteiger partial charge in [0, 0.05) is 13.3 Å². The van der Waals surface area contributed by atoms with Crippen molar-refractivity contribution >= 4 is 25.7 Å². The summed E-state index contributed by atoms with van der Waals surface area (Å²) in [4.78, 5) is 48.9. The van der Waals surface area contributed by atoms with Gasteiger partial charge in [-0.3, -0.25) is 19.4 Å². The lowest BCUT2D eigenvalue weighted by atomic mass is 10.1. The Morgan fingerprint density at radius 3 is 2.24 bits per heavy atom.